The first-order valence-electron chi connectivity index (χ1n) is 14.8. The number of amides is 1. The number of hydrogen-bond acceptors (Lipinski definition) is 11. The van der Waals surface area contributed by atoms with Gasteiger partial charge in [-0.05, 0) is 36.1 Å². The molecule has 0 bridgehead atoms. The fourth-order valence-corrected chi connectivity index (χ4v) is 5.12. The van der Waals surface area contributed by atoms with E-state index in [-0.39, 0.29) is 30.6 Å². The molecule has 0 radical (unpaired) electrons. The van der Waals surface area contributed by atoms with Crippen LogP contribution in [0.2, 0.25) is 0 Å². The summed E-state index contributed by atoms with van der Waals surface area (Å²) in [6, 6.07) is 21.7. The maximum absolute atomic E-state index is 14.9. The van der Waals surface area contributed by atoms with Gasteiger partial charge in [-0.15, -0.1) is 0 Å². The van der Waals surface area contributed by atoms with E-state index in [4.69, 9.17) is 14.0 Å². The van der Waals surface area contributed by atoms with Crippen LogP contribution in [0.25, 0.3) is 34.0 Å². The summed E-state index contributed by atoms with van der Waals surface area (Å²) < 4.78 is 40.3. The highest BCUT2D eigenvalue weighted by Gasteiger charge is 2.44. The number of piperidine rings is 1. The lowest BCUT2D eigenvalue weighted by Crippen LogP contribution is -2.50. The zero-order valence-electron chi connectivity index (χ0n) is 24.9. The van der Waals surface area contributed by atoms with Crippen molar-refractivity contribution in [1.29, 1.82) is 0 Å². The van der Waals surface area contributed by atoms with Crippen LogP contribution >= 0.6 is 0 Å². The maximum Gasteiger partial charge on any atom is 0.520 e. The van der Waals surface area contributed by atoms with Crippen molar-refractivity contribution in [1.82, 2.24) is 20.4 Å². The lowest BCUT2D eigenvalue weighted by Gasteiger charge is -2.39. The molecule has 4 aromatic rings. The molecule has 1 aromatic heterocycles. The molecule has 6 rings (SSSR count). The van der Waals surface area contributed by atoms with Gasteiger partial charge in [-0.1, -0.05) is 65.8 Å². The van der Waals surface area contributed by atoms with Gasteiger partial charge in [0.2, 0.25) is 5.82 Å². The van der Waals surface area contributed by atoms with Gasteiger partial charge < -0.3 is 28.8 Å². The van der Waals surface area contributed by atoms with Crippen LogP contribution in [0.3, 0.4) is 0 Å². The number of alkyl carbamates (subject to hydrolysis) is 1. The molecule has 238 valence electrons. The van der Waals surface area contributed by atoms with Crippen LogP contribution in [-0.4, -0.2) is 65.5 Å². The Morgan fingerprint density at radius 1 is 0.935 bits per heavy atom. The first kappa shape index (κ1) is 30.7. The molecular weight excluding hydrogens is 599 g/mol. The minimum absolute atomic E-state index is 0.00278. The Balaban J connectivity index is 1.05. The second-order valence-corrected chi connectivity index (χ2v) is 11.1. The molecule has 2 fully saturated rings. The van der Waals surface area contributed by atoms with Gasteiger partial charge in [0.1, 0.15) is 5.82 Å². The van der Waals surface area contributed by atoms with E-state index in [1.165, 1.54) is 6.07 Å². The first-order chi connectivity index (χ1) is 22.3. The van der Waals surface area contributed by atoms with Gasteiger partial charge in [0, 0.05) is 55.2 Å². The van der Waals surface area contributed by atoms with E-state index < -0.39 is 24.2 Å². The third-order valence-electron chi connectivity index (χ3n) is 7.74. The van der Waals surface area contributed by atoms with E-state index in [0.717, 1.165) is 36.6 Å². The number of halogens is 1. The molecule has 0 atom stereocenters. The van der Waals surface area contributed by atoms with Crippen molar-refractivity contribution in [2.75, 3.05) is 20.2 Å². The molecule has 12 nitrogen and oxygen atoms in total. The molecule has 2 aliphatic rings. The number of methoxy groups -OCH3 is 1. The molecule has 1 saturated heterocycles. The van der Waals surface area contributed by atoms with Crippen molar-refractivity contribution in [3.63, 3.8) is 0 Å². The molecular formula is C33H31FN4O8. The molecule has 1 aliphatic heterocycles. The fraction of sp³-hybridized carbons (Fsp3) is 0.303. The van der Waals surface area contributed by atoms with Crippen LogP contribution in [0.5, 0.6) is 0 Å². The minimum Gasteiger partial charge on any atom is -0.438 e. The van der Waals surface area contributed by atoms with Crippen LogP contribution < -0.4 is 5.32 Å². The van der Waals surface area contributed by atoms with Crippen molar-refractivity contribution in [3.05, 3.63) is 84.2 Å². The average molecular weight is 631 g/mol. The number of benzene rings is 3. The summed E-state index contributed by atoms with van der Waals surface area (Å²) in [4.78, 5) is 42.6. The summed E-state index contributed by atoms with van der Waals surface area (Å²) in [6.07, 6.45) is -1.27. The monoisotopic (exact) mass is 630 g/mol. The van der Waals surface area contributed by atoms with E-state index in [2.05, 4.69) is 29.8 Å². The van der Waals surface area contributed by atoms with E-state index in [9.17, 15) is 18.8 Å². The van der Waals surface area contributed by atoms with Crippen molar-refractivity contribution in [2.24, 2.45) is 0 Å². The zero-order valence-corrected chi connectivity index (χ0v) is 24.9. The third-order valence-corrected chi connectivity index (χ3v) is 7.74. The molecule has 1 aliphatic carbocycles. The van der Waals surface area contributed by atoms with Crippen LogP contribution in [-0.2, 0) is 25.5 Å². The number of likely N-dealkylation sites (tertiary alicyclic amines) is 1. The third kappa shape index (κ3) is 7.49. The number of rotatable bonds is 8. The van der Waals surface area contributed by atoms with Gasteiger partial charge in [0.05, 0.1) is 7.11 Å². The van der Waals surface area contributed by atoms with Gasteiger partial charge in [0.15, 0.2) is 0 Å². The average Bonchev–Trinajstić information content (AvgIpc) is 3.73. The SMILES string of the molecule is COC(=O)OC1(OC(=O)OC(=O)NC2CC2)CCN(Cc2ccc(-c3noc(-c4ccc(-c5ccccc5)c(F)c4)n3)cc2)CC1. The van der Waals surface area contributed by atoms with E-state index in [1.54, 1.807) is 12.1 Å². The molecule has 3 aromatic carbocycles. The largest absolute Gasteiger partial charge is 0.520 e. The number of hydrogen-bond donors (Lipinski definition) is 1. The molecule has 46 heavy (non-hydrogen) atoms. The fourth-order valence-electron chi connectivity index (χ4n) is 5.12. The molecule has 2 heterocycles. The Morgan fingerprint density at radius 2 is 1.63 bits per heavy atom. The summed E-state index contributed by atoms with van der Waals surface area (Å²) in [5.74, 6) is -1.45. The van der Waals surface area contributed by atoms with Gasteiger partial charge in [0.25, 0.3) is 11.7 Å². The minimum atomic E-state index is -1.63. The van der Waals surface area contributed by atoms with Crippen molar-refractivity contribution in [3.8, 4) is 34.0 Å². The quantitative estimate of drug-likeness (QED) is 0.133. The second kappa shape index (κ2) is 13.4. The van der Waals surface area contributed by atoms with Crippen LogP contribution in [0.4, 0.5) is 18.8 Å². The van der Waals surface area contributed by atoms with E-state index >= 15 is 0 Å². The standard InChI is InChI=1S/C33H31FN4O8/c1-42-31(40)44-33(45-32(41)43-30(39)35-25-12-13-25)15-17-38(18-16-33)20-21-7-9-23(10-8-21)28-36-29(46-37-28)24-11-14-26(27(34)19-24)22-5-3-2-4-6-22/h2-11,14,19,25H,12-13,15-18,20H2,1H3,(H,35,39). The molecule has 13 heteroatoms. The Kier molecular flexibility index (Phi) is 8.92. The van der Waals surface area contributed by atoms with Crippen molar-refractivity contribution in [2.45, 2.75) is 44.1 Å². The molecule has 0 spiro atoms. The number of aromatic nitrogens is 2. The highest BCUT2D eigenvalue weighted by Crippen LogP contribution is 2.31. The highest BCUT2D eigenvalue weighted by atomic mass is 19.1. The summed E-state index contributed by atoms with van der Waals surface area (Å²) in [5.41, 5.74) is 3.45. The predicted molar refractivity (Wildman–Crippen MR) is 160 cm³/mol. The Labute approximate surface area is 263 Å². The summed E-state index contributed by atoms with van der Waals surface area (Å²) >= 11 is 0. The second-order valence-electron chi connectivity index (χ2n) is 11.1. The lowest BCUT2D eigenvalue weighted by molar-refractivity contribution is -0.207. The van der Waals surface area contributed by atoms with Gasteiger partial charge >= 0.3 is 18.4 Å². The molecule has 0 unspecified atom stereocenters. The van der Waals surface area contributed by atoms with Crippen LogP contribution in [0.15, 0.2) is 77.3 Å². The normalized spacial score (nSPS) is 15.9. The summed E-state index contributed by atoms with van der Waals surface area (Å²) in [6.45, 7) is 1.38. The van der Waals surface area contributed by atoms with Gasteiger partial charge in [-0.3, -0.25) is 4.90 Å². The highest BCUT2D eigenvalue weighted by molar-refractivity contribution is 5.81. The Morgan fingerprint density at radius 3 is 2.30 bits per heavy atom. The van der Waals surface area contributed by atoms with Gasteiger partial charge in [-0.25, -0.2) is 18.8 Å². The predicted octanol–water partition coefficient (Wildman–Crippen LogP) is 6.31. The van der Waals surface area contributed by atoms with Gasteiger partial charge in [-0.2, -0.15) is 4.98 Å². The topological polar surface area (TPSA) is 142 Å². The van der Waals surface area contributed by atoms with E-state index in [1.807, 2.05) is 54.6 Å². The van der Waals surface area contributed by atoms with Crippen molar-refractivity contribution < 1.29 is 42.2 Å². The summed E-state index contributed by atoms with van der Waals surface area (Å²) in [5, 5.41) is 6.60. The number of carbonyl (C=O) groups excluding carboxylic acids is 3. The van der Waals surface area contributed by atoms with Crippen LogP contribution in [0.1, 0.15) is 31.2 Å². The number of nitrogens with zero attached hydrogens (tertiary/aromatic N) is 3. The molecule has 1 amide bonds. The smallest absolute Gasteiger partial charge is 0.438 e. The number of carbonyl (C=O) groups is 3. The maximum atomic E-state index is 14.9. The van der Waals surface area contributed by atoms with E-state index in [0.29, 0.717) is 36.6 Å². The Hall–Kier alpha value is -5.30. The molecule has 1 N–H and O–H groups in total. The zero-order chi connectivity index (χ0) is 32.1. The number of nitrogens with one attached hydrogen (secondary N) is 1. The summed E-state index contributed by atoms with van der Waals surface area (Å²) in [7, 11) is 1.15. The van der Waals surface area contributed by atoms with Crippen molar-refractivity contribution >= 4 is 18.4 Å². The lowest BCUT2D eigenvalue weighted by atomic mass is 10.0. The van der Waals surface area contributed by atoms with Crippen LogP contribution in [0, 0.1) is 5.82 Å². The number of ether oxygens (including phenoxy) is 4. The molecule has 1 saturated carbocycles. The first-order valence-corrected chi connectivity index (χ1v) is 14.8. The Bertz CT molecular complexity index is 1700.